The monoisotopic (exact) mass is 251 g/mol. The summed E-state index contributed by atoms with van der Waals surface area (Å²) >= 11 is 0. The van der Waals surface area contributed by atoms with Crippen molar-refractivity contribution >= 4 is 0 Å². The maximum Gasteiger partial charge on any atom is 0.162 e. The van der Waals surface area contributed by atoms with Crippen molar-refractivity contribution in [2.75, 3.05) is 7.11 Å². The molecule has 2 unspecified atom stereocenters. The van der Waals surface area contributed by atoms with Crippen LogP contribution in [0.4, 0.5) is 0 Å². The fraction of sp³-hybridized carbons (Fsp3) is 0.571. The Labute approximate surface area is 108 Å². The van der Waals surface area contributed by atoms with Crippen LogP contribution in [0.15, 0.2) is 18.2 Å². The molecule has 4 nitrogen and oxygen atoms in total. The Morgan fingerprint density at radius 2 is 2.06 bits per heavy atom. The molecule has 2 atom stereocenters. The molecule has 1 aromatic carbocycles. The molecule has 0 spiro atoms. The molecule has 0 amide bonds. The summed E-state index contributed by atoms with van der Waals surface area (Å²) in [7, 11) is 1.61. The Balaban J connectivity index is 2.15. The van der Waals surface area contributed by atoms with E-state index in [0.29, 0.717) is 18.0 Å². The van der Waals surface area contributed by atoms with Crippen LogP contribution in [0.5, 0.6) is 11.5 Å². The maximum absolute atomic E-state index is 9.93. The molecule has 1 aliphatic rings. The second-order valence-corrected chi connectivity index (χ2v) is 4.70. The van der Waals surface area contributed by atoms with Gasteiger partial charge in [0.15, 0.2) is 11.5 Å². The van der Waals surface area contributed by atoms with Crippen molar-refractivity contribution in [2.45, 2.75) is 44.4 Å². The van der Waals surface area contributed by atoms with Gasteiger partial charge in [-0.2, -0.15) is 0 Å². The lowest BCUT2D eigenvalue weighted by Gasteiger charge is -2.28. The molecule has 3 N–H and O–H groups in total. The first-order chi connectivity index (χ1) is 8.74. The Morgan fingerprint density at radius 3 is 2.72 bits per heavy atom. The van der Waals surface area contributed by atoms with Crippen LogP contribution >= 0.6 is 0 Å². The minimum Gasteiger partial charge on any atom is -0.493 e. The SMILES string of the molecule is COc1ccc(CN)cc1OC1CCCCC1O. The summed E-state index contributed by atoms with van der Waals surface area (Å²) in [5, 5.41) is 9.93. The fourth-order valence-electron chi connectivity index (χ4n) is 2.32. The lowest BCUT2D eigenvalue weighted by atomic mass is 9.95. The van der Waals surface area contributed by atoms with Gasteiger partial charge in [-0.3, -0.25) is 0 Å². The van der Waals surface area contributed by atoms with Crippen LogP contribution in [-0.2, 0) is 6.54 Å². The molecular weight excluding hydrogens is 230 g/mol. The molecule has 0 radical (unpaired) electrons. The molecule has 1 fully saturated rings. The number of aliphatic hydroxyl groups excluding tert-OH is 1. The number of ether oxygens (including phenoxy) is 2. The quantitative estimate of drug-likeness (QED) is 0.857. The van der Waals surface area contributed by atoms with E-state index in [9.17, 15) is 5.11 Å². The van der Waals surface area contributed by atoms with E-state index < -0.39 is 0 Å². The zero-order chi connectivity index (χ0) is 13.0. The summed E-state index contributed by atoms with van der Waals surface area (Å²) in [4.78, 5) is 0. The predicted molar refractivity (Wildman–Crippen MR) is 69.8 cm³/mol. The minimum absolute atomic E-state index is 0.138. The molecule has 1 aromatic rings. The van der Waals surface area contributed by atoms with Crippen molar-refractivity contribution in [3.05, 3.63) is 23.8 Å². The van der Waals surface area contributed by atoms with Crippen molar-refractivity contribution < 1.29 is 14.6 Å². The summed E-state index contributed by atoms with van der Waals surface area (Å²) in [6.07, 6.45) is 3.34. The molecule has 0 bridgehead atoms. The zero-order valence-corrected chi connectivity index (χ0v) is 10.8. The Bertz CT molecular complexity index is 395. The summed E-state index contributed by atoms with van der Waals surface area (Å²) in [5.41, 5.74) is 6.62. The van der Waals surface area contributed by atoms with E-state index in [4.69, 9.17) is 15.2 Å². The Kier molecular flexibility index (Phi) is 4.44. The lowest BCUT2D eigenvalue weighted by molar-refractivity contribution is 0.00564. The summed E-state index contributed by atoms with van der Waals surface area (Å²) < 4.78 is 11.2. The first-order valence-electron chi connectivity index (χ1n) is 6.46. The van der Waals surface area contributed by atoms with Gasteiger partial charge in [0.25, 0.3) is 0 Å². The van der Waals surface area contributed by atoms with Gasteiger partial charge in [0.05, 0.1) is 13.2 Å². The summed E-state index contributed by atoms with van der Waals surface area (Å²) in [6, 6.07) is 5.66. The van der Waals surface area contributed by atoms with E-state index in [1.54, 1.807) is 7.11 Å². The van der Waals surface area contributed by atoms with Crippen molar-refractivity contribution in [1.29, 1.82) is 0 Å². The highest BCUT2D eigenvalue weighted by atomic mass is 16.5. The van der Waals surface area contributed by atoms with Crippen LogP contribution in [0.1, 0.15) is 31.2 Å². The molecule has 0 aliphatic heterocycles. The first kappa shape index (κ1) is 13.2. The third-order valence-corrected chi connectivity index (χ3v) is 3.41. The molecule has 2 rings (SSSR count). The topological polar surface area (TPSA) is 64.7 Å². The van der Waals surface area contributed by atoms with E-state index in [1.165, 1.54) is 0 Å². The molecule has 4 heteroatoms. The Morgan fingerprint density at radius 1 is 1.28 bits per heavy atom. The normalized spacial score (nSPS) is 23.7. The van der Waals surface area contributed by atoms with E-state index in [0.717, 1.165) is 31.2 Å². The van der Waals surface area contributed by atoms with Crippen LogP contribution in [0.3, 0.4) is 0 Å². The van der Waals surface area contributed by atoms with Gasteiger partial charge < -0.3 is 20.3 Å². The minimum atomic E-state index is -0.384. The molecule has 1 saturated carbocycles. The van der Waals surface area contributed by atoms with Gasteiger partial charge in [-0.15, -0.1) is 0 Å². The number of hydrogen-bond donors (Lipinski definition) is 2. The third kappa shape index (κ3) is 2.94. The first-order valence-corrected chi connectivity index (χ1v) is 6.46. The van der Waals surface area contributed by atoms with E-state index in [-0.39, 0.29) is 12.2 Å². The van der Waals surface area contributed by atoms with E-state index >= 15 is 0 Å². The molecule has 100 valence electrons. The van der Waals surface area contributed by atoms with Crippen LogP contribution in [-0.4, -0.2) is 24.4 Å². The highest BCUT2D eigenvalue weighted by molar-refractivity contribution is 5.43. The molecular formula is C14H21NO3. The van der Waals surface area contributed by atoms with Gasteiger partial charge in [0, 0.05) is 6.54 Å². The average Bonchev–Trinajstić information content (AvgIpc) is 2.41. The predicted octanol–water partition coefficient (Wildman–Crippen LogP) is 1.84. The van der Waals surface area contributed by atoms with Crippen molar-refractivity contribution in [1.82, 2.24) is 0 Å². The number of benzene rings is 1. The van der Waals surface area contributed by atoms with Crippen molar-refractivity contribution in [3.63, 3.8) is 0 Å². The lowest BCUT2D eigenvalue weighted by Crippen LogP contribution is -2.34. The summed E-state index contributed by atoms with van der Waals surface area (Å²) in [5.74, 6) is 1.36. The molecule has 18 heavy (non-hydrogen) atoms. The smallest absolute Gasteiger partial charge is 0.162 e. The van der Waals surface area contributed by atoms with Crippen LogP contribution in [0.25, 0.3) is 0 Å². The van der Waals surface area contributed by atoms with Crippen molar-refractivity contribution in [2.24, 2.45) is 5.73 Å². The molecule has 1 aliphatic carbocycles. The number of hydrogen-bond acceptors (Lipinski definition) is 4. The second kappa shape index (κ2) is 6.07. The van der Waals surface area contributed by atoms with Gasteiger partial charge in [-0.25, -0.2) is 0 Å². The molecule has 0 aromatic heterocycles. The number of rotatable bonds is 4. The standard InChI is InChI=1S/C14H21NO3/c1-17-13-7-6-10(9-15)8-14(13)18-12-5-3-2-4-11(12)16/h6-8,11-12,16H,2-5,9,15H2,1H3. The largest absolute Gasteiger partial charge is 0.493 e. The second-order valence-electron chi connectivity index (χ2n) is 4.70. The fourth-order valence-corrected chi connectivity index (χ4v) is 2.32. The van der Waals surface area contributed by atoms with Crippen molar-refractivity contribution in [3.8, 4) is 11.5 Å². The Hall–Kier alpha value is -1.26. The van der Waals surface area contributed by atoms with Gasteiger partial charge in [0.2, 0.25) is 0 Å². The molecule has 0 heterocycles. The van der Waals surface area contributed by atoms with Gasteiger partial charge in [-0.1, -0.05) is 12.5 Å². The average molecular weight is 251 g/mol. The van der Waals surface area contributed by atoms with Crippen LogP contribution in [0.2, 0.25) is 0 Å². The summed E-state index contributed by atoms with van der Waals surface area (Å²) in [6.45, 7) is 0.466. The van der Waals surface area contributed by atoms with E-state index in [1.807, 2.05) is 18.2 Å². The van der Waals surface area contributed by atoms with Gasteiger partial charge in [-0.05, 0) is 37.0 Å². The van der Waals surface area contributed by atoms with Gasteiger partial charge in [0.1, 0.15) is 6.10 Å². The van der Waals surface area contributed by atoms with Crippen LogP contribution < -0.4 is 15.2 Å². The highest BCUT2D eigenvalue weighted by Gasteiger charge is 2.25. The molecule has 0 saturated heterocycles. The highest BCUT2D eigenvalue weighted by Crippen LogP contribution is 2.32. The number of methoxy groups -OCH3 is 1. The third-order valence-electron chi connectivity index (χ3n) is 3.41. The zero-order valence-electron chi connectivity index (χ0n) is 10.8. The number of aliphatic hydroxyl groups is 1. The van der Waals surface area contributed by atoms with Crippen LogP contribution in [0, 0.1) is 0 Å². The maximum atomic E-state index is 9.93. The van der Waals surface area contributed by atoms with E-state index in [2.05, 4.69) is 0 Å². The van der Waals surface area contributed by atoms with Gasteiger partial charge >= 0.3 is 0 Å². The number of nitrogens with two attached hydrogens (primary N) is 1.